The molecule has 0 spiro atoms. The van der Waals surface area contributed by atoms with Crippen LogP contribution in [0.2, 0.25) is 0 Å². The minimum Gasteiger partial charge on any atom is -0.481 e. The lowest BCUT2D eigenvalue weighted by Gasteiger charge is -2.17. The fourth-order valence-corrected chi connectivity index (χ4v) is 3.03. The van der Waals surface area contributed by atoms with Crippen molar-refractivity contribution >= 4 is 17.7 Å². The lowest BCUT2D eigenvalue weighted by Crippen LogP contribution is -2.39. The van der Waals surface area contributed by atoms with Gasteiger partial charge in [-0.3, -0.25) is 4.79 Å². The van der Waals surface area contributed by atoms with Crippen LogP contribution in [-0.4, -0.2) is 24.3 Å². The predicted molar refractivity (Wildman–Crippen MR) is 101 cm³/mol. The Morgan fingerprint density at radius 1 is 1.12 bits per heavy atom. The van der Waals surface area contributed by atoms with Crippen molar-refractivity contribution in [2.75, 3.05) is 12.3 Å². The first kappa shape index (κ1) is 18.4. The van der Waals surface area contributed by atoms with E-state index in [9.17, 15) is 4.79 Å². The van der Waals surface area contributed by atoms with Crippen molar-refractivity contribution in [3.8, 4) is 5.75 Å². The van der Waals surface area contributed by atoms with Gasteiger partial charge in [-0.15, -0.1) is 11.8 Å². The predicted octanol–water partition coefficient (Wildman–Crippen LogP) is 4.37. The van der Waals surface area contributed by atoms with Crippen LogP contribution in [0.5, 0.6) is 5.75 Å². The number of carbonyl (C=O) groups excluding carboxylic acids is 1. The highest BCUT2D eigenvalue weighted by molar-refractivity contribution is 7.99. The van der Waals surface area contributed by atoms with Crippen molar-refractivity contribution in [1.29, 1.82) is 0 Å². The third-order valence-corrected chi connectivity index (χ3v) is 4.64. The largest absolute Gasteiger partial charge is 0.481 e. The van der Waals surface area contributed by atoms with E-state index < -0.39 is 6.10 Å². The van der Waals surface area contributed by atoms with Crippen LogP contribution in [0.15, 0.2) is 53.4 Å². The molecule has 1 atom stereocenters. The van der Waals surface area contributed by atoms with Crippen LogP contribution < -0.4 is 10.1 Å². The fourth-order valence-electron chi connectivity index (χ4n) is 2.27. The van der Waals surface area contributed by atoms with Gasteiger partial charge in [0, 0.05) is 17.2 Å². The Morgan fingerprint density at radius 2 is 1.88 bits per heavy atom. The molecular weight excluding hydrogens is 318 g/mol. The fraction of sp³-hybridized carbons (Fsp3) is 0.350. The minimum absolute atomic E-state index is 0.0523. The van der Waals surface area contributed by atoms with E-state index in [0.717, 1.165) is 17.1 Å². The number of ether oxygens (including phenoxy) is 1. The van der Waals surface area contributed by atoms with Crippen molar-refractivity contribution in [3.05, 3.63) is 59.7 Å². The van der Waals surface area contributed by atoms with Crippen LogP contribution in [0, 0.1) is 13.8 Å². The Bertz CT molecular complexity index is 655. The quantitative estimate of drug-likeness (QED) is 0.571. The van der Waals surface area contributed by atoms with Crippen LogP contribution in [0.4, 0.5) is 0 Å². The number of thioether (sulfide) groups is 1. The molecule has 24 heavy (non-hydrogen) atoms. The lowest BCUT2D eigenvalue weighted by molar-refractivity contribution is -0.127. The number of nitrogens with one attached hydrogen (secondary N) is 1. The van der Waals surface area contributed by atoms with Gasteiger partial charge in [0.1, 0.15) is 5.75 Å². The zero-order valence-electron chi connectivity index (χ0n) is 14.5. The molecule has 4 heteroatoms. The maximum atomic E-state index is 12.3. The van der Waals surface area contributed by atoms with E-state index in [1.807, 2.05) is 38.1 Å². The second-order valence-electron chi connectivity index (χ2n) is 5.78. The summed E-state index contributed by atoms with van der Waals surface area (Å²) in [5.41, 5.74) is 2.38. The summed E-state index contributed by atoms with van der Waals surface area (Å²) in [5.74, 6) is 1.53. The zero-order chi connectivity index (χ0) is 17.4. The second kappa shape index (κ2) is 9.38. The molecule has 2 rings (SSSR count). The third kappa shape index (κ3) is 5.93. The molecule has 0 aliphatic rings. The van der Waals surface area contributed by atoms with E-state index in [0.29, 0.717) is 13.0 Å². The number of rotatable bonds is 8. The second-order valence-corrected chi connectivity index (χ2v) is 6.95. The van der Waals surface area contributed by atoms with Gasteiger partial charge in [-0.1, -0.05) is 36.8 Å². The monoisotopic (exact) mass is 343 g/mol. The minimum atomic E-state index is -0.448. The number of aryl methyl sites for hydroxylation is 2. The van der Waals surface area contributed by atoms with Crippen LogP contribution in [-0.2, 0) is 4.79 Å². The van der Waals surface area contributed by atoms with Gasteiger partial charge in [0.2, 0.25) is 0 Å². The molecule has 1 N–H and O–H groups in total. The van der Waals surface area contributed by atoms with Gasteiger partial charge in [0.25, 0.3) is 5.91 Å². The summed E-state index contributed by atoms with van der Waals surface area (Å²) >= 11 is 1.74. The van der Waals surface area contributed by atoms with E-state index in [1.165, 1.54) is 10.5 Å². The Labute approximate surface area is 148 Å². The van der Waals surface area contributed by atoms with Crippen LogP contribution in [0.3, 0.4) is 0 Å². The first-order valence-electron chi connectivity index (χ1n) is 8.29. The number of carbonyl (C=O) groups is 1. The highest BCUT2D eigenvalue weighted by Crippen LogP contribution is 2.18. The van der Waals surface area contributed by atoms with Gasteiger partial charge in [-0.25, -0.2) is 0 Å². The van der Waals surface area contributed by atoms with E-state index >= 15 is 0 Å². The van der Waals surface area contributed by atoms with Gasteiger partial charge in [-0.2, -0.15) is 0 Å². The van der Waals surface area contributed by atoms with Crippen molar-refractivity contribution in [3.63, 3.8) is 0 Å². The summed E-state index contributed by atoms with van der Waals surface area (Å²) < 4.78 is 5.82. The summed E-state index contributed by atoms with van der Waals surface area (Å²) in [4.78, 5) is 13.5. The standard InChI is InChI=1S/C20H25NO2S/c1-4-19(23-17-7-5-6-16(3)14-17)20(22)21-12-13-24-18-10-8-15(2)9-11-18/h5-11,14,19H,4,12-13H2,1-3H3,(H,21,22). The van der Waals surface area contributed by atoms with Crippen molar-refractivity contribution in [2.24, 2.45) is 0 Å². The molecule has 128 valence electrons. The van der Waals surface area contributed by atoms with Crippen molar-refractivity contribution < 1.29 is 9.53 Å². The van der Waals surface area contributed by atoms with Crippen LogP contribution in [0.1, 0.15) is 24.5 Å². The third-order valence-electron chi connectivity index (χ3n) is 3.62. The van der Waals surface area contributed by atoms with E-state index in [4.69, 9.17) is 4.74 Å². The summed E-state index contributed by atoms with van der Waals surface area (Å²) in [6.07, 6.45) is 0.196. The highest BCUT2D eigenvalue weighted by atomic mass is 32.2. The van der Waals surface area contributed by atoms with Gasteiger partial charge in [-0.05, 0) is 50.1 Å². The molecule has 0 radical (unpaired) electrons. The number of benzene rings is 2. The number of hydrogen-bond donors (Lipinski definition) is 1. The molecular formula is C20H25NO2S. The average Bonchev–Trinajstić information content (AvgIpc) is 2.58. The lowest BCUT2D eigenvalue weighted by atomic mass is 10.2. The van der Waals surface area contributed by atoms with Gasteiger partial charge >= 0.3 is 0 Å². The van der Waals surface area contributed by atoms with Gasteiger partial charge in [0.05, 0.1) is 0 Å². The molecule has 1 unspecified atom stereocenters. The molecule has 2 aromatic rings. The maximum Gasteiger partial charge on any atom is 0.261 e. The number of amides is 1. The molecule has 2 aromatic carbocycles. The first-order valence-corrected chi connectivity index (χ1v) is 9.27. The Kier molecular flexibility index (Phi) is 7.19. The molecule has 0 saturated heterocycles. The molecule has 0 heterocycles. The van der Waals surface area contributed by atoms with E-state index in [-0.39, 0.29) is 5.91 Å². The molecule has 0 fully saturated rings. The zero-order valence-corrected chi connectivity index (χ0v) is 15.4. The Morgan fingerprint density at radius 3 is 2.54 bits per heavy atom. The highest BCUT2D eigenvalue weighted by Gasteiger charge is 2.17. The van der Waals surface area contributed by atoms with Gasteiger partial charge in [0.15, 0.2) is 6.10 Å². The summed E-state index contributed by atoms with van der Waals surface area (Å²) in [7, 11) is 0. The average molecular weight is 343 g/mol. The molecule has 0 bridgehead atoms. The van der Waals surface area contributed by atoms with E-state index in [2.05, 4.69) is 36.5 Å². The molecule has 0 aromatic heterocycles. The number of hydrogen-bond acceptors (Lipinski definition) is 3. The Balaban J connectivity index is 1.76. The van der Waals surface area contributed by atoms with Gasteiger partial charge < -0.3 is 10.1 Å². The molecule has 0 aliphatic heterocycles. The topological polar surface area (TPSA) is 38.3 Å². The van der Waals surface area contributed by atoms with E-state index in [1.54, 1.807) is 11.8 Å². The molecule has 0 aliphatic carbocycles. The maximum absolute atomic E-state index is 12.3. The van der Waals surface area contributed by atoms with Crippen molar-refractivity contribution in [1.82, 2.24) is 5.32 Å². The molecule has 3 nitrogen and oxygen atoms in total. The van der Waals surface area contributed by atoms with Crippen molar-refractivity contribution in [2.45, 2.75) is 38.2 Å². The van der Waals surface area contributed by atoms with Crippen LogP contribution >= 0.6 is 11.8 Å². The first-order chi connectivity index (χ1) is 11.6. The normalized spacial score (nSPS) is 11.8. The molecule has 0 saturated carbocycles. The van der Waals surface area contributed by atoms with Crippen LogP contribution in [0.25, 0.3) is 0 Å². The summed E-state index contributed by atoms with van der Waals surface area (Å²) in [6, 6.07) is 16.2. The molecule has 1 amide bonds. The Hall–Kier alpha value is -1.94. The summed E-state index contributed by atoms with van der Waals surface area (Å²) in [6.45, 7) is 6.68. The summed E-state index contributed by atoms with van der Waals surface area (Å²) in [5, 5.41) is 2.97. The SMILES string of the molecule is CCC(Oc1cccc(C)c1)C(=O)NCCSc1ccc(C)cc1. The smallest absolute Gasteiger partial charge is 0.261 e.